The van der Waals surface area contributed by atoms with E-state index in [2.05, 4.69) is 30.2 Å². The van der Waals surface area contributed by atoms with Gasteiger partial charge in [-0.15, -0.1) is 0 Å². The smallest absolute Gasteiger partial charge is 0.308 e. The van der Waals surface area contributed by atoms with Gasteiger partial charge in [0.1, 0.15) is 18.7 Å². The molecule has 1 saturated carbocycles. The van der Waals surface area contributed by atoms with Crippen LogP contribution in [0.25, 0.3) is 17.4 Å². The topological polar surface area (TPSA) is 160 Å². The molecule has 0 spiro atoms. The molecule has 2 heterocycles. The highest BCUT2D eigenvalue weighted by Crippen LogP contribution is 2.53. The molecule has 1 fully saturated rings. The number of nitrogens with one attached hydrogen (secondary N) is 1. The van der Waals surface area contributed by atoms with Gasteiger partial charge >= 0.3 is 5.97 Å². The number of H-pyrrole nitrogens is 1. The highest BCUT2D eigenvalue weighted by molar-refractivity contribution is 7.09. The molecule has 0 radical (unpaired) electrons. The highest BCUT2D eigenvalue weighted by Gasteiger charge is 2.50. The molecule has 0 amide bonds. The second-order valence-corrected chi connectivity index (χ2v) is 8.31. The van der Waals surface area contributed by atoms with E-state index in [1.807, 2.05) is 36.5 Å². The van der Waals surface area contributed by atoms with E-state index < -0.39 is 0 Å². The summed E-state index contributed by atoms with van der Waals surface area (Å²) in [6, 6.07) is 9.68. The van der Waals surface area contributed by atoms with Crippen LogP contribution in [-0.4, -0.2) is 52.9 Å². The fourth-order valence-corrected chi connectivity index (χ4v) is 3.45. The molecule has 3 aromatic rings. The number of ether oxygens (including phenoxy) is 2. The van der Waals surface area contributed by atoms with E-state index in [9.17, 15) is 9.59 Å². The summed E-state index contributed by atoms with van der Waals surface area (Å²) in [7, 11) is 5.37. The maximum Gasteiger partial charge on any atom is 0.308 e. The molecule has 2 unspecified atom stereocenters. The van der Waals surface area contributed by atoms with Gasteiger partial charge in [-0.2, -0.15) is 4.98 Å². The monoisotopic (exact) mass is 504 g/mol. The third-order valence-electron chi connectivity index (χ3n) is 5.13. The lowest BCUT2D eigenvalue weighted by Crippen LogP contribution is -2.21. The first-order valence-electron chi connectivity index (χ1n) is 10.9. The van der Waals surface area contributed by atoms with Gasteiger partial charge in [0, 0.05) is 15.7 Å². The molecule has 2 atom stereocenters. The van der Waals surface area contributed by atoms with Gasteiger partial charge < -0.3 is 25.5 Å². The number of esters is 1. The predicted octanol–water partition coefficient (Wildman–Crippen LogP) is 2.21. The summed E-state index contributed by atoms with van der Waals surface area (Å²) in [5, 5.41) is 0. The lowest BCUT2D eigenvalue weighted by molar-refractivity contribution is -0.149. The van der Waals surface area contributed by atoms with Gasteiger partial charge in [0.2, 0.25) is 5.95 Å². The molecule has 1 aliphatic carbocycles. The van der Waals surface area contributed by atoms with Gasteiger partial charge in [-0.1, -0.05) is 32.0 Å². The number of benzene rings is 1. The Morgan fingerprint density at radius 3 is 2.54 bits per heavy atom. The van der Waals surface area contributed by atoms with Crippen LogP contribution in [0.5, 0.6) is 5.75 Å². The number of aromatic nitrogens is 4. The van der Waals surface area contributed by atoms with Crippen LogP contribution in [0.4, 0.5) is 5.95 Å². The van der Waals surface area contributed by atoms with Gasteiger partial charge in [0.15, 0.2) is 11.2 Å². The van der Waals surface area contributed by atoms with Crippen molar-refractivity contribution in [2.75, 3.05) is 33.1 Å². The molecule has 5 N–H and O–H groups in total. The summed E-state index contributed by atoms with van der Waals surface area (Å²) < 4.78 is 17.1. The third-order valence-corrected chi connectivity index (χ3v) is 5.30. The number of hydrogen-bond acceptors (Lipinski definition) is 9. The van der Waals surface area contributed by atoms with E-state index in [1.165, 1.54) is 13.4 Å². The lowest BCUT2D eigenvalue weighted by Gasteiger charge is -2.15. The molecule has 1 aliphatic rings. The van der Waals surface area contributed by atoms with E-state index in [4.69, 9.17) is 19.7 Å². The summed E-state index contributed by atoms with van der Waals surface area (Å²) in [6.07, 6.45) is 4.04. The molecule has 2 aromatic heterocycles. The Morgan fingerprint density at radius 1 is 1.29 bits per heavy atom. The maximum atomic E-state index is 11.8. The number of fused-ring (bicyclic) bond motifs is 1. The van der Waals surface area contributed by atoms with Crippen molar-refractivity contribution < 1.29 is 18.8 Å². The first-order chi connectivity index (χ1) is 16.8. The van der Waals surface area contributed by atoms with E-state index in [0.717, 1.165) is 11.3 Å². The van der Waals surface area contributed by atoms with Gasteiger partial charge in [0.05, 0.1) is 25.0 Å². The van der Waals surface area contributed by atoms with Crippen LogP contribution in [0.15, 0.2) is 47.0 Å². The number of nitrogen functional groups attached to an aromatic ring is 1. The van der Waals surface area contributed by atoms with Crippen LogP contribution >= 0.6 is 9.47 Å². The van der Waals surface area contributed by atoms with E-state index >= 15 is 0 Å². The molecule has 4 rings (SSSR count). The van der Waals surface area contributed by atoms with Crippen molar-refractivity contribution in [2.45, 2.75) is 20.3 Å². The molecule has 11 nitrogen and oxygen atoms in total. The number of methoxy groups -OCH3 is 1. The first-order valence-corrected chi connectivity index (χ1v) is 11.4. The summed E-state index contributed by atoms with van der Waals surface area (Å²) >= 11 is 0. The maximum absolute atomic E-state index is 11.8. The van der Waals surface area contributed by atoms with E-state index in [-0.39, 0.29) is 40.9 Å². The summed E-state index contributed by atoms with van der Waals surface area (Å²) in [5.41, 5.74) is 11.0. The number of aromatic amines is 1. The number of nitrogens with two attached hydrogens (primary N) is 2. The van der Waals surface area contributed by atoms with Crippen molar-refractivity contribution in [3.63, 3.8) is 0 Å². The van der Waals surface area contributed by atoms with Crippen LogP contribution < -0.4 is 21.8 Å². The SMILES string of the molecule is CC(C)C(=O)OCC1(COP)C/C1=C/n1cnc2c(=O)[nH]c(N)nc21.CN.COc1ccccc1. The zero-order valence-corrected chi connectivity index (χ0v) is 21.5. The number of carbonyl (C=O) groups excluding carboxylic acids is 1. The zero-order chi connectivity index (χ0) is 26.0. The first kappa shape index (κ1) is 28.0. The Morgan fingerprint density at radius 2 is 1.97 bits per heavy atom. The van der Waals surface area contributed by atoms with Crippen LogP contribution in [0.1, 0.15) is 20.3 Å². The second kappa shape index (κ2) is 13.0. The number of carbonyl (C=O) groups is 1. The summed E-state index contributed by atoms with van der Waals surface area (Å²) in [6.45, 7) is 4.22. The number of rotatable bonds is 7. The number of para-hydroxylation sites is 1. The van der Waals surface area contributed by atoms with E-state index in [0.29, 0.717) is 18.7 Å². The average molecular weight is 505 g/mol. The van der Waals surface area contributed by atoms with Gasteiger partial charge in [0.25, 0.3) is 5.56 Å². The minimum Gasteiger partial charge on any atom is -0.497 e. The van der Waals surface area contributed by atoms with Crippen LogP contribution in [-0.2, 0) is 14.1 Å². The van der Waals surface area contributed by atoms with Crippen molar-refractivity contribution in [3.05, 3.63) is 52.6 Å². The minimum atomic E-state index is -0.388. The zero-order valence-electron chi connectivity index (χ0n) is 20.4. The lowest BCUT2D eigenvalue weighted by atomic mass is 10.1. The van der Waals surface area contributed by atoms with Crippen molar-refractivity contribution in [2.24, 2.45) is 17.1 Å². The molecule has 0 aliphatic heterocycles. The summed E-state index contributed by atoms with van der Waals surface area (Å²) in [4.78, 5) is 34.2. The van der Waals surface area contributed by atoms with Crippen molar-refractivity contribution in [3.8, 4) is 5.75 Å². The highest BCUT2D eigenvalue weighted by atomic mass is 31.0. The molecule has 0 saturated heterocycles. The number of hydrogen-bond donors (Lipinski definition) is 3. The number of anilines is 1. The summed E-state index contributed by atoms with van der Waals surface area (Å²) in [5.74, 6) is 0.506. The van der Waals surface area contributed by atoms with Crippen LogP contribution in [0, 0.1) is 11.3 Å². The Balaban J connectivity index is 0.000000363. The average Bonchev–Trinajstić information content (AvgIpc) is 3.37. The van der Waals surface area contributed by atoms with Crippen LogP contribution in [0.3, 0.4) is 0 Å². The normalized spacial score (nSPS) is 17.3. The molecular weight excluding hydrogens is 471 g/mol. The van der Waals surface area contributed by atoms with Gasteiger partial charge in [-0.05, 0) is 31.2 Å². The van der Waals surface area contributed by atoms with Crippen molar-refractivity contribution in [1.82, 2.24) is 19.5 Å². The van der Waals surface area contributed by atoms with Crippen molar-refractivity contribution >= 4 is 38.7 Å². The molecular formula is C23H33N6O5P. The third kappa shape index (κ3) is 7.35. The Labute approximate surface area is 206 Å². The number of imidazole rings is 1. The molecule has 1 aromatic carbocycles. The fourth-order valence-electron chi connectivity index (χ4n) is 3.13. The van der Waals surface area contributed by atoms with Gasteiger partial charge in [-0.25, -0.2) is 4.98 Å². The quantitative estimate of drug-likeness (QED) is 0.324. The standard InChI is InChI=1S/C15H20N5O4P.C7H8O.CH5N/c1-8(2)13(22)23-5-15(6-24-25)3-9(15)4-20-7-17-10-11(20)18-14(16)19-12(10)21;1-8-7-5-3-2-4-6-7;1-2/h4,7-8H,3,5-6,25H2,1-2H3,(H3,16,18,19,21);2-6H,1H3;2H2,1H3/b9-4-;;. The van der Waals surface area contributed by atoms with E-state index in [1.54, 1.807) is 25.5 Å². The Bertz CT molecular complexity index is 1190. The fraction of sp³-hybridized carbons (Fsp3) is 0.391. The minimum absolute atomic E-state index is 0.0267. The second-order valence-electron chi connectivity index (χ2n) is 7.98. The Hall–Kier alpha value is -3.27. The van der Waals surface area contributed by atoms with Gasteiger partial charge in [-0.3, -0.25) is 19.1 Å². The molecule has 35 heavy (non-hydrogen) atoms. The molecule has 190 valence electrons. The predicted molar refractivity (Wildman–Crippen MR) is 138 cm³/mol. The molecule has 0 bridgehead atoms. The molecule has 12 heteroatoms. The van der Waals surface area contributed by atoms with Crippen LogP contribution in [0.2, 0.25) is 0 Å². The van der Waals surface area contributed by atoms with Crippen molar-refractivity contribution in [1.29, 1.82) is 0 Å². The Kier molecular flexibility index (Phi) is 10.4. The largest absolute Gasteiger partial charge is 0.497 e. The number of nitrogens with zero attached hydrogens (tertiary/aromatic N) is 3.